The van der Waals surface area contributed by atoms with Gasteiger partial charge in [0.05, 0.1) is 5.56 Å². The highest BCUT2D eigenvalue weighted by Gasteiger charge is 2.10. The van der Waals surface area contributed by atoms with Crippen LogP contribution in [0.15, 0.2) is 34.9 Å². The lowest BCUT2D eigenvalue weighted by molar-refractivity contribution is -0.735. The second-order valence-electron chi connectivity index (χ2n) is 2.74. The molecule has 5 heteroatoms. The summed E-state index contributed by atoms with van der Waals surface area (Å²) in [6.07, 6.45) is 0. The predicted molar refractivity (Wildman–Crippen MR) is 51.7 cm³/mol. The van der Waals surface area contributed by atoms with Gasteiger partial charge in [-0.25, -0.2) is 4.68 Å². The smallest absolute Gasteiger partial charge is 0.273 e. The fourth-order valence-corrected chi connectivity index (χ4v) is 1.25. The molecule has 0 bridgehead atoms. The summed E-state index contributed by atoms with van der Waals surface area (Å²) in [4.78, 5) is 0. The van der Waals surface area contributed by atoms with Gasteiger partial charge < -0.3 is 4.52 Å². The Bertz CT molecular complexity index is 460. The summed E-state index contributed by atoms with van der Waals surface area (Å²) in [6.45, 7) is 0. The molecule has 1 aromatic heterocycles. The quantitative estimate of drug-likeness (QED) is 0.704. The summed E-state index contributed by atoms with van der Waals surface area (Å²) in [6, 6.07) is 9.61. The van der Waals surface area contributed by atoms with Crippen LogP contribution in [0.25, 0.3) is 11.3 Å². The maximum absolute atomic E-state index is 7.48. The Morgan fingerprint density at radius 3 is 2.43 bits per heavy atom. The molecule has 0 fully saturated rings. The molecule has 2 aromatic rings. The summed E-state index contributed by atoms with van der Waals surface area (Å²) in [5, 5.41) is 11.1. The minimum atomic E-state index is 0. The highest BCUT2D eigenvalue weighted by Crippen LogP contribution is 2.08. The third-order valence-electron chi connectivity index (χ3n) is 1.84. The monoisotopic (exact) mass is 211 g/mol. The molecule has 0 aliphatic heterocycles. The van der Waals surface area contributed by atoms with Crippen molar-refractivity contribution in [2.75, 3.05) is 0 Å². The Labute approximate surface area is 87.1 Å². The van der Waals surface area contributed by atoms with Gasteiger partial charge in [-0.1, -0.05) is 18.2 Å². The van der Waals surface area contributed by atoms with E-state index in [4.69, 9.17) is 9.93 Å². The number of aromatic nitrogens is 2. The first-order chi connectivity index (χ1) is 6.29. The molecule has 0 saturated heterocycles. The number of aryl methyl sites for hydroxylation is 1. The molecule has 1 aromatic carbocycles. The number of nitrogens with one attached hydrogen (secondary N) is 1. The van der Waals surface area contributed by atoms with E-state index in [0.717, 1.165) is 5.56 Å². The van der Waals surface area contributed by atoms with Crippen molar-refractivity contribution in [1.29, 1.82) is 5.41 Å². The van der Waals surface area contributed by atoms with Gasteiger partial charge in [-0.05, 0) is 12.1 Å². The van der Waals surface area contributed by atoms with E-state index in [1.54, 1.807) is 11.7 Å². The first kappa shape index (κ1) is 10.5. The van der Waals surface area contributed by atoms with Crippen molar-refractivity contribution in [2.24, 2.45) is 7.05 Å². The van der Waals surface area contributed by atoms with Crippen molar-refractivity contribution in [1.82, 2.24) is 5.27 Å². The van der Waals surface area contributed by atoms with E-state index in [1.807, 2.05) is 30.3 Å². The topological polar surface area (TPSA) is 55.0 Å². The lowest BCUT2D eigenvalue weighted by atomic mass is 10.2. The summed E-state index contributed by atoms with van der Waals surface area (Å²) in [5.74, 6) is 0. The summed E-state index contributed by atoms with van der Waals surface area (Å²) in [7, 11) is 1.75. The maximum atomic E-state index is 7.48. The van der Waals surface area contributed by atoms with Crippen LogP contribution in [-0.2, 0) is 7.05 Å². The van der Waals surface area contributed by atoms with Crippen molar-refractivity contribution >= 4 is 12.4 Å². The van der Waals surface area contributed by atoms with E-state index in [-0.39, 0.29) is 18.0 Å². The molecule has 14 heavy (non-hydrogen) atoms. The van der Waals surface area contributed by atoms with Gasteiger partial charge in [-0.15, -0.1) is 12.4 Å². The summed E-state index contributed by atoms with van der Waals surface area (Å²) >= 11 is 0. The SMILES string of the molecule is C[n+]1[n-]oc(=N)c1-c1ccccc1.Cl. The minimum Gasteiger partial charge on any atom is -0.487 e. The van der Waals surface area contributed by atoms with Crippen molar-refractivity contribution in [3.05, 3.63) is 35.9 Å². The standard InChI is InChI=1S/C9H9N3O.ClH/c1-12-8(9(10)13-11-12)7-5-3-2-4-6-7;/h2-6,10H,1H3;1H. The number of hydrogen-bond donors (Lipinski definition) is 1. The maximum Gasteiger partial charge on any atom is 0.273 e. The first-order valence-corrected chi connectivity index (χ1v) is 3.92. The fraction of sp³-hybridized carbons (Fsp3) is 0.111. The van der Waals surface area contributed by atoms with Crippen LogP contribution in [0.5, 0.6) is 0 Å². The van der Waals surface area contributed by atoms with Gasteiger partial charge in [0.25, 0.3) is 11.2 Å². The Hall–Kier alpha value is -1.55. The van der Waals surface area contributed by atoms with Gasteiger partial charge in [0, 0.05) is 0 Å². The lowest BCUT2D eigenvalue weighted by Crippen LogP contribution is -2.35. The van der Waals surface area contributed by atoms with Crippen LogP contribution in [0, 0.1) is 5.41 Å². The largest absolute Gasteiger partial charge is 0.487 e. The third-order valence-corrected chi connectivity index (χ3v) is 1.84. The number of benzene rings is 1. The molecule has 0 spiro atoms. The van der Waals surface area contributed by atoms with Gasteiger partial charge in [0.2, 0.25) is 0 Å². The zero-order chi connectivity index (χ0) is 9.26. The molecule has 0 atom stereocenters. The van der Waals surface area contributed by atoms with E-state index < -0.39 is 0 Å². The molecule has 1 heterocycles. The van der Waals surface area contributed by atoms with E-state index in [1.165, 1.54) is 0 Å². The molecule has 1 N–H and O–H groups in total. The van der Waals surface area contributed by atoms with Gasteiger partial charge in [-0.3, -0.25) is 10.7 Å². The average Bonchev–Trinajstić information content (AvgIpc) is 2.48. The molecule has 0 aliphatic carbocycles. The highest BCUT2D eigenvalue weighted by molar-refractivity contribution is 5.85. The zero-order valence-electron chi connectivity index (χ0n) is 7.60. The summed E-state index contributed by atoms with van der Waals surface area (Å²) < 4.78 is 6.28. The number of nitrogens with zero attached hydrogens (tertiary/aromatic N) is 2. The molecular weight excluding hydrogens is 202 g/mol. The average molecular weight is 212 g/mol. The van der Waals surface area contributed by atoms with E-state index in [2.05, 4.69) is 5.27 Å². The molecule has 74 valence electrons. The van der Waals surface area contributed by atoms with Crippen molar-refractivity contribution < 1.29 is 9.20 Å². The molecule has 4 nitrogen and oxygen atoms in total. The Morgan fingerprint density at radius 2 is 1.93 bits per heavy atom. The van der Waals surface area contributed by atoms with Crippen LogP contribution in [0.3, 0.4) is 0 Å². The molecule has 0 saturated carbocycles. The normalized spacial score (nSPS) is 9.50. The first-order valence-electron chi connectivity index (χ1n) is 3.92. The predicted octanol–water partition coefficient (Wildman–Crippen LogP) is 0.630. The van der Waals surface area contributed by atoms with Gasteiger partial charge in [-0.2, -0.15) is 0 Å². The van der Waals surface area contributed by atoms with Gasteiger partial charge >= 0.3 is 0 Å². The molecule has 2 rings (SSSR count). The highest BCUT2D eigenvalue weighted by atomic mass is 35.5. The van der Waals surface area contributed by atoms with E-state index in [0.29, 0.717) is 5.69 Å². The molecule has 0 aliphatic rings. The van der Waals surface area contributed by atoms with Crippen molar-refractivity contribution in [3.8, 4) is 11.3 Å². The fourth-order valence-electron chi connectivity index (χ4n) is 1.25. The minimum absolute atomic E-state index is 0. The number of hydrogen-bond acceptors (Lipinski definition) is 2. The van der Waals surface area contributed by atoms with E-state index >= 15 is 0 Å². The van der Waals surface area contributed by atoms with Crippen molar-refractivity contribution in [3.63, 3.8) is 0 Å². The Balaban J connectivity index is 0.000000980. The van der Waals surface area contributed by atoms with Crippen LogP contribution in [0.1, 0.15) is 0 Å². The third kappa shape index (κ3) is 1.70. The molecular formula is C9H10ClN3O. The van der Waals surface area contributed by atoms with E-state index in [9.17, 15) is 0 Å². The second kappa shape index (κ2) is 4.11. The number of rotatable bonds is 1. The van der Waals surface area contributed by atoms with Crippen LogP contribution in [0.2, 0.25) is 0 Å². The lowest BCUT2D eigenvalue weighted by Gasteiger charge is -1.93. The van der Waals surface area contributed by atoms with Crippen LogP contribution < -0.4 is 15.5 Å². The van der Waals surface area contributed by atoms with Gasteiger partial charge in [0.15, 0.2) is 0 Å². The molecule has 0 unspecified atom stereocenters. The molecule has 0 amide bonds. The van der Waals surface area contributed by atoms with Crippen LogP contribution in [-0.4, -0.2) is 0 Å². The Kier molecular flexibility index (Phi) is 3.09. The summed E-state index contributed by atoms with van der Waals surface area (Å²) in [5.41, 5.74) is 1.73. The van der Waals surface area contributed by atoms with Gasteiger partial charge in [0.1, 0.15) is 7.05 Å². The zero-order valence-corrected chi connectivity index (χ0v) is 8.41. The number of halogens is 1. The Morgan fingerprint density at radius 1 is 1.29 bits per heavy atom. The van der Waals surface area contributed by atoms with Crippen molar-refractivity contribution in [2.45, 2.75) is 0 Å². The van der Waals surface area contributed by atoms with Crippen LogP contribution >= 0.6 is 12.4 Å². The van der Waals surface area contributed by atoms with Crippen LogP contribution in [0.4, 0.5) is 0 Å². The second-order valence-corrected chi connectivity index (χ2v) is 2.74. The molecule has 0 radical (unpaired) electrons.